The SMILES string of the molecule is CCCOCc1cccc(-c2nn(-c3ccccc3)c(C(=O)OC)c2C(=O)OC)c1. The van der Waals surface area contributed by atoms with Crippen molar-refractivity contribution in [2.75, 3.05) is 20.8 Å². The van der Waals surface area contributed by atoms with E-state index in [1.54, 1.807) is 12.1 Å². The molecule has 156 valence electrons. The van der Waals surface area contributed by atoms with Crippen LogP contribution >= 0.6 is 0 Å². The largest absolute Gasteiger partial charge is 0.465 e. The summed E-state index contributed by atoms with van der Waals surface area (Å²) < 4.78 is 16.9. The lowest BCUT2D eigenvalue weighted by Crippen LogP contribution is -2.15. The number of carbonyl (C=O) groups excluding carboxylic acids is 2. The minimum absolute atomic E-state index is 0.0122. The van der Waals surface area contributed by atoms with Crippen molar-refractivity contribution >= 4 is 11.9 Å². The fourth-order valence-corrected chi connectivity index (χ4v) is 3.10. The van der Waals surface area contributed by atoms with Gasteiger partial charge in [-0.3, -0.25) is 0 Å². The molecule has 0 amide bonds. The van der Waals surface area contributed by atoms with Gasteiger partial charge < -0.3 is 14.2 Å². The van der Waals surface area contributed by atoms with Crippen molar-refractivity contribution in [3.63, 3.8) is 0 Å². The van der Waals surface area contributed by atoms with Crippen LogP contribution in [0.15, 0.2) is 54.6 Å². The molecule has 0 aliphatic rings. The van der Waals surface area contributed by atoms with Crippen LogP contribution in [0.1, 0.15) is 39.8 Å². The lowest BCUT2D eigenvalue weighted by molar-refractivity contribution is 0.0549. The highest BCUT2D eigenvalue weighted by atomic mass is 16.5. The number of para-hydroxylation sites is 1. The number of rotatable bonds is 8. The molecule has 3 rings (SSSR count). The second-order valence-corrected chi connectivity index (χ2v) is 6.56. The molecule has 1 aromatic heterocycles. The van der Waals surface area contributed by atoms with Crippen LogP contribution in [0.5, 0.6) is 0 Å². The first-order valence-corrected chi connectivity index (χ1v) is 9.62. The number of methoxy groups -OCH3 is 2. The Hall–Kier alpha value is -3.45. The highest BCUT2D eigenvalue weighted by molar-refractivity contribution is 6.06. The van der Waals surface area contributed by atoms with E-state index < -0.39 is 11.9 Å². The molecule has 1 heterocycles. The van der Waals surface area contributed by atoms with Crippen molar-refractivity contribution in [1.82, 2.24) is 9.78 Å². The average Bonchev–Trinajstić information content (AvgIpc) is 3.20. The number of aromatic nitrogens is 2. The third-order valence-electron chi connectivity index (χ3n) is 4.47. The smallest absolute Gasteiger partial charge is 0.357 e. The number of ether oxygens (including phenoxy) is 3. The van der Waals surface area contributed by atoms with Crippen LogP contribution in [-0.2, 0) is 20.8 Å². The van der Waals surface area contributed by atoms with Crippen molar-refractivity contribution in [3.05, 3.63) is 71.4 Å². The molecule has 0 fully saturated rings. The number of nitrogens with zero attached hydrogens (tertiary/aromatic N) is 2. The van der Waals surface area contributed by atoms with E-state index in [0.29, 0.717) is 30.2 Å². The number of hydrogen-bond acceptors (Lipinski definition) is 6. The van der Waals surface area contributed by atoms with Gasteiger partial charge in [0.05, 0.1) is 26.5 Å². The minimum Gasteiger partial charge on any atom is -0.465 e. The van der Waals surface area contributed by atoms with Crippen LogP contribution in [-0.4, -0.2) is 42.5 Å². The summed E-state index contributed by atoms with van der Waals surface area (Å²) in [5.74, 6) is -1.35. The molecule has 0 saturated carbocycles. The number of carbonyl (C=O) groups is 2. The van der Waals surface area contributed by atoms with Crippen molar-refractivity contribution < 1.29 is 23.8 Å². The predicted octanol–water partition coefficient (Wildman–Crippen LogP) is 4.04. The molecule has 2 aromatic carbocycles. The molecule has 0 N–H and O–H groups in total. The molecule has 7 nitrogen and oxygen atoms in total. The lowest BCUT2D eigenvalue weighted by Gasteiger charge is -2.07. The Kier molecular flexibility index (Phi) is 6.98. The van der Waals surface area contributed by atoms with Crippen LogP contribution in [0.2, 0.25) is 0 Å². The van der Waals surface area contributed by atoms with Gasteiger partial charge in [-0.15, -0.1) is 0 Å². The molecule has 7 heteroatoms. The van der Waals surface area contributed by atoms with Gasteiger partial charge >= 0.3 is 11.9 Å². The first-order chi connectivity index (χ1) is 14.6. The quantitative estimate of drug-likeness (QED) is 0.413. The molecule has 0 radical (unpaired) electrons. The van der Waals surface area contributed by atoms with Gasteiger partial charge in [0.1, 0.15) is 11.3 Å². The minimum atomic E-state index is -0.680. The van der Waals surface area contributed by atoms with Gasteiger partial charge in [0.25, 0.3) is 0 Å². The van der Waals surface area contributed by atoms with Gasteiger partial charge in [-0.05, 0) is 30.2 Å². The van der Waals surface area contributed by atoms with E-state index in [2.05, 4.69) is 5.10 Å². The molecule has 0 aliphatic heterocycles. The van der Waals surface area contributed by atoms with Crippen molar-refractivity contribution in [1.29, 1.82) is 0 Å². The van der Waals surface area contributed by atoms with Crippen molar-refractivity contribution in [3.8, 4) is 16.9 Å². The van der Waals surface area contributed by atoms with Gasteiger partial charge in [0.15, 0.2) is 5.69 Å². The van der Waals surface area contributed by atoms with Crippen LogP contribution in [0.3, 0.4) is 0 Å². The summed E-state index contributed by atoms with van der Waals surface area (Å²) in [6.45, 7) is 3.15. The average molecular weight is 408 g/mol. The third-order valence-corrected chi connectivity index (χ3v) is 4.47. The summed E-state index contributed by atoms with van der Waals surface area (Å²) in [4.78, 5) is 25.3. The predicted molar refractivity (Wildman–Crippen MR) is 112 cm³/mol. The van der Waals surface area contributed by atoms with E-state index in [4.69, 9.17) is 14.2 Å². The Balaban J connectivity index is 2.19. The number of hydrogen-bond donors (Lipinski definition) is 0. The van der Waals surface area contributed by atoms with Crippen molar-refractivity contribution in [2.45, 2.75) is 20.0 Å². The van der Waals surface area contributed by atoms with E-state index in [1.807, 2.05) is 49.4 Å². The highest BCUT2D eigenvalue weighted by Gasteiger charge is 2.31. The molecule has 0 saturated heterocycles. The highest BCUT2D eigenvalue weighted by Crippen LogP contribution is 2.29. The zero-order valence-electron chi connectivity index (χ0n) is 17.3. The summed E-state index contributed by atoms with van der Waals surface area (Å²) in [7, 11) is 2.53. The van der Waals surface area contributed by atoms with E-state index in [9.17, 15) is 9.59 Å². The fourth-order valence-electron chi connectivity index (χ4n) is 3.10. The normalized spacial score (nSPS) is 10.6. The molecule has 3 aromatic rings. The fraction of sp³-hybridized carbons (Fsp3) is 0.261. The molecule has 0 spiro atoms. The Labute approximate surface area is 175 Å². The molecule has 0 atom stereocenters. The molecule has 0 bridgehead atoms. The summed E-state index contributed by atoms with van der Waals surface area (Å²) >= 11 is 0. The molecular weight excluding hydrogens is 384 g/mol. The standard InChI is InChI=1S/C23H24N2O5/c1-4-13-30-15-16-9-8-10-17(14-16)20-19(22(26)28-2)21(23(27)29-3)25(24-20)18-11-6-5-7-12-18/h5-12,14H,4,13,15H2,1-3H3. The summed E-state index contributed by atoms with van der Waals surface area (Å²) in [5, 5.41) is 4.60. The first-order valence-electron chi connectivity index (χ1n) is 9.62. The lowest BCUT2D eigenvalue weighted by atomic mass is 10.0. The zero-order chi connectivity index (χ0) is 21.5. The van der Waals surface area contributed by atoms with Crippen LogP contribution < -0.4 is 0 Å². The van der Waals surface area contributed by atoms with E-state index in [1.165, 1.54) is 18.9 Å². The van der Waals surface area contributed by atoms with Crippen LogP contribution in [0, 0.1) is 0 Å². The second kappa shape index (κ2) is 9.84. The summed E-state index contributed by atoms with van der Waals surface area (Å²) in [6, 6.07) is 16.6. The topological polar surface area (TPSA) is 79.7 Å². The number of esters is 2. The molecule has 30 heavy (non-hydrogen) atoms. The summed E-state index contributed by atoms with van der Waals surface area (Å²) in [5.41, 5.74) is 2.64. The zero-order valence-corrected chi connectivity index (χ0v) is 17.3. The maximum atomic E-state index is 12.7. The maximum absolute atomic E-state index is 12.7. The Morgan fingerprint density at radius 2 is 1.70 bits per heavy atom. The van der Waals surface area contributed by atoms with Crippen molar-refractivity contribution in [2.24, 2.45) is 0 Å². The van der Waals surface area contributed by atoms with E-state index >= 15 is 0 Å². The Bertz CT molecular complexity index is 1030. The Morgan fingerprint density at radius 1 is 0.967 bits per heavy atom. The molecular formula is C23H24N2O5. The van der Waals surface area contributed by atoms with Gasteiger partial charge in [-0.1, -0.05) is 43.3 Å². The second-order valence-electron chi connectivity index (χ2n) is 6.56. The molecule has 0 unspecified atom stereocenters. The van der Waals surface area contributed by atoms with Gasteiger partial charge in [-0.2, -0.15) is 5.10 Å². The summed E-state index contributed by atoms with van der Waals surface area (Å²) in [6.07, 6.45) is 0.927. The van der Waals surface area contributed by atoms with E-state index in [-0.39, 0.29) is 11.3 Å². The number of benzene rings is 2. The van der Waals surface area contributed by atoms with E-state index in [0.717, 1.165) is 12.0 Å². The van der Waals surface area contributed by atoms with Crippen LogP contribution in [0.4, 0.5) is 0 Å². The third kappa shape index (κ3) is 4.41. The van der Waals surface area contributed by atoms with Gasteiger partial charge in [0.2, 0.25) is 0 Å². The van der Waals surface area contributed by atoms with Crippen LogP contribution in [0.25, 0.3) is 16.9 Å². The Morgan fingerprint density at radius 3 is 2.37 bits per heavy atom. The van der Waals surface area contributed by atoms with Gasteiger partial charge in [-0.25, -0.2) is 14.3 Å². The molecule has 0 aliphatic carbocycles. The van der Waals surface area contributed by atoms with Gasteiger partial charge in [0, 0.05) is 12.2 Å². The monoisotopic (exact) mass is 408 g/mol. The first kappa shape index (κ1) is 21.3. The maximum Gasteiger partial charge on any atom is 0.357 e.